The topological polar surface area (TPSA) is 54.4 Å². The third-order valence-corrected chi connectivity index (χ3v) is 4.26. The molecule has 2 aliphatic carbocycles. The summed E-state index contributed by atoms with van der Waals surface area (Å²) in [6.45, 7) is 0. The molecule has 0 aromatic carbocycles. The Morgan fingerprint density at radius 2 is 1.67 bits per heavy atom. The van der Waals surface area contributed by atoms with Crippen LogP contribution in [0.2, 0.25) is 0 Å². The Morgan fingerprint density at radius 3 is 2.13 bits per heavy atom. The van der Waals surface area contributed by atoms with Gasteiger partial charge in [0.25, 0.3) is 0 Å². The molecule has 0 unspecified atom stereocenters. The molecular formula is C12H18O3. The molecule has 0 radical (unpaired) electrons. The van der Waals surface area contributed by atoms with Crippen LogP contribution in [0.15, 0.2) is 0 Å². The van der Waals surface area contributed by atoms with Gasteiger partial charge in [0, 0.05) is 12.8 Å². The first-order valence-electron chi connectivity index (χ1n) is 5.86. The van der Waals surface area contributed by atoms with Crippen LogP contribution in [-0.2, 0) is 9.59 Å². The van der Waals surface area contributed by atoms with E-state index in [0.717, 1.165) is 51.4 Å². The molecule has 0 aromatic rings. The van der Waals surface area contributed by atoms with Crippen molar-refractivity contribution in [1.82, 2.24) is 0 Å². The molecule has 2 aliphatic rings. The fraction of sp³-hybridized carbons (Fsp3) is 0.833. The number of Topliss-reactive ketones (excluding diaryl/α,β-unsaturated/α-hetero) is 1. The molecule has 2 saturated carbocycles. The van der Waals surface area contributed by atoms with E-state index in [-0.39, 0.29) is 5.92 Å². The zero-order chi connectivity index (χ0) is 10.9. The predicted octanol–water partition coefficient (Wildman–Crippen LogP) is 2.39. The van der Waals surface area contributed by atoms with E-state index in [2.05, 4.69) is 0 Å². The van der Waals surface area contributed by atoms with Crippen molar-refractivity contribution in [2.24, 2.45) is 11.3 Å². The monoisotopic (exact) mass is 210 g/mol. The van der Waals surface area contributed by atoms with Crippen molar-refractivity contribution in [3.05, 3.63) is 0 Å². The van der Waals surface area contributed by atoms with E-state index < -0.39 is 5.97 Å². The van der Waals surface area contributed by atoms with Crippen molar-refractivity contribution in [1.29, 1.82) is 0 Å². The number of carboxylic acid groups (broad SMARTS) is 1. The average molecular weight is 210 g/mol. The summed E-state index contributed by atoms with van der Waals surface area (Å²) in [5.74, 6) is -0.383. The van der Waals surface area contributed by atoms with Crippen LogP contribution in [0.4, 0.5) is 0 Å². The van der Waals surface area contributed by atoms with E-state index in [1.807, 2.05) is 0 Å². The predicted molar refractivity (Wildman–Crippen MR) is 55.5 cm³/mol. The van der Waals surface area contributed by atoms with Crippen LogP contribution in [0.1, 0.15) is 51.4 Å². The molecule has 15 heavy (non-hydrogen) atoms. The summed E-state index contributed by atoms with van der Waals surface area (Å²) in [6, 6.07) is 0. The highest BCUT2D eigenvalue weighted by atomic mass is 16.4. The second kappa shape index (κ2) is 3.95. The molecule has 3 nitrogen and oxygen atoms in total. The summed E-state index contributed by atoms with van der Waals surface area (Å²) in [7, 11) is 0. The van der Waals surface area contributed by atoms with Gasteiger partial charge in [0.05, 0.1) is 5.92 Å². The number of rotatable bonds is 1. The smallest absolute Gasteiger partial charge is 0.306 e. The molecular weight excluding hydrogens is 192 g/mol. The molecule has 0 amide bonds. The van der Waals surface area contributed by atoms with Gasteiger partial charge in [-0.3, -0.25) is 9.59 Å². The van der Waals surface area contributed by atoms with Crippen LogP contribution < -0.4 is 0 Å². The zero-order valence-electron chi connectivity index (χ0n) is 9.00. The summed E-state index contributed by atoms with van der Waals surface area (Å²) in [5.41, 5.74) is 0.319. The van der Waals surface area contributed by atoms with Gasteiger partial charge in [-0.15, -0.1) is 0 Å². The number of hydrogen-bond acceptors (Lipinski definition) is 2. The molecule has 0 bridgehead atoms. The Hall–Kier alpha value is -0.860. The minimum absolute atomic E-state index is 0.131. The minimum atomic E-state index is -0.642. The number of aliphatic carboxylic acids is 1. The molecule has 84 valence electrons. The third-order valence-electron chi connectivity index (χ3n) is 4.26. The van der Waals surface area contributed by atoms with Crippen molar-refractivity contribution in [2.45, 2.75) is 51.4 Å². The maximum absolute atomic E-state index is 11.2. The van der Waals surface area contributed by atoms with Gasteiger partial charge < -0.3 is 5.11 Å². The average Bonchev–Trinajstić information content (AvgIpc) is 2.24. The van der Waals surface area contributed by atoms with Gasteiger partial charge >= 0.3 is 5.97 Å². The summed E-state index contributed by atoms with van der Waals surface area (Å²) < 4.78 is 0. The lowest BCUT2D eigenvalue weighted by atomic mass is 9.63. The summed E-state index contributed by atoms with van der Waals surface area (Å²) in [5, 5.41) is 8.91. The van der Waals surface area contributed by atoms with Gasteiger partial charge in [-0.1, -0.05) is 0 Å². The molecule has 0 aliphatic heterocycles. The first-order chi connectivity index (χ1) is 7.11. The Morgan fingerprint density at radius 1 is 1.13 bits per heavy atom. The van der Waals surface area contributed by atoms with E-state index >= 15 is 0 Å². The van der Waals surface area contributed by atoms with Crippen LogP contribution in [0.5, 0.6) is 0 Å². The van der Waals surface area contributed by atoms with Crippen molar-refractivity contribution in [2.75, 3.05) is 0 Å². The Labute approximate surface area is 89.9 Å². The molecule has 2 fully saturated rings. The van der Waals surface area contributed by atoms with Gasteiger partial charge in [0.2, 0.25) is 0 Å². The second-order valence-corrected chi connectivity index (χ2v) is 5.15. The summed E-state index contributed by atoms with van der Waals surface area (Å²) in [6.07, 6.45) is 7.08. The molecule has 0 heterocycles. The number of carbonyl (C=O) groups is 2. The van der Waals surface area contributed by atoms with Gasteiger partial charge in [-0.05, 0) is 43.9 Å². The van der Waals surface area contributed by atoms with Crippen LogP contribution in [0.3, 0.4) is 0 Å². The Kier molecular flexibility index (Phi) is 2.81. The summed E-state index contributed by atoms with van der Waals surface area (Å²) >= 11 is 0. The standard InChI is InChI=1S/C12H18O3/c13-10-3-7-12(8-4-10)5-1-9(2-6-12)11(14)15/h9H,1-8H2,(H,14,15). The lowest BCUT2D eigenvalue weighted by Crippen LogP contribution is -2.34. The summed E-state index contributed by atoms with van der Waals surface area (Å²) in [4.78, 5) is 22.0. The fourth-order valence-electron chi connectivity index (χ4n) is 3.04. The first-order valence-corrected chi connectivity index (χ1v) is 5.86. The van der Waals surface area contributed by atoms with E-state index in [1.54, 1.807) is 0 Å². The molecule has 3 heteroatoms. The van der Waals surface area contributed by atoms with Crippen LogP contribution in [-0.4, -0.2) is 16.9 Å². The quantitative estimate of drug-likeness (QED) is 0.723. The van der Waals surface area contributed by atoms with Crippen LogP contribution >= 0.6 is 0 Å². The van der Waals surface area contributed by atoms with E-state index in [9.17, 15) is 9.59 Å². The fourth-order valence-corrected chi connectivity index (χ4v) is 3.04. The first kappa shape index (κ1) is 10.7. The van der Waals surface area contributed by atoms with Crippen molar-refractivity contribution in [3.63, 3.8) is 0 Å². The Balaban J connectivity index is 1.92. The Bertz CT molecular complexity index is 263. The third kappa shape index (κ3) is 2.21. The van der Waals surface area contributed by atoms with Crippen LogP contribution in [0.25, 0.3) is 0 Å². The van der Waals surface area contributed by atoms with Crippen molar-refractivity contribution < 1.29 is 14.7 Å². The zero-order valence-corrected chi connectivity index (χ0v) is 9.00. The minimum Gasteiger partial charge on any atom is -0.481 e. The number of ketones is 1. The molecule has 1 N–H and O–H groups in total. The largest absolute Gasteiger partial charge is 0.481 e. The van der Waals surface area contributed by atoms with Crippen LogP contribution in [0, 0.1) is 11.3 Å². The lowest BCUT2D eigenvalue weighted by Gasteiger charge is -2.41. The van der Waals surface area contributed by atoms with Crippen molar-refractivity contribution in [3.8, 4) is 0 Å². The van der Waals surface area contributed by atoms with E-state index in [4.69, 9.17) is 5.11 Å². The van der Waals surface area contributed by atoms with Gasteiger partial charge in [0.15, 0.2) is 0 Å². The number of carbonyl (C=O) groups excluding carboxylic acids is 1. The highest BCUT2D eigenvalue weighted by Gasteiger charge is 2.39. The normalized spacial score (nSPS) is 26.8. The molecule has 0 aromatic heterocycles. The maximum Gasteiger partial charge on any atom is 0.306 e. The molecule has 0 atom stereocenters. The SMILES string of the molecule is O=C1CCC2(CC1)CCC(C(=O)O)CC2. The maximum atomic E-state index is 11.2. The highest BCUT2D eigenvalue weighted by molar-refractivity contribution is 5.79. The van der Waals surface area contributed by atoms with E-state index in [1.165, 1.54) is 0 Å². The van der Waals surface area contributed by atoms with Gasteiger partial charge in [-0.2, -0.15) is 0 Å². The molecule has 1 spiro atoms. The second-order valence-electron chi connectivity index (χ2n) is 5.15. The molecule has 2 rings (SSSR count). The highest BCUT2D eigenvalue weighted by Crippen LogP contribution is 2.48. The van der Waals surface area contributed by atoms with Gasteiger partial charge in [-0.25, -0.2) is 0 Å². The lowest BCUT2D eigenvalue weighted by molar-refractivity contribution is -0.144. The van der Waals surface area contributed by atoms with E-state index in [0.29, 0.717) is 11.2 Å². The number of carboxylic acids is 1. The molecule has 0 saturated heterocycles. The van der Waals surface area contributed by atoms with Gasteiger partial charge in [0.1, 0.15) is 5.78 Å². The number of hydrogen-bond donors (Lipinski definition) is 1. The van der Waals surface area contributed by atoms with Crippen molar-refractivity contribution >= 4 is 11.8 Å².